The molecule has 0 saturated carbocycles. The molecule has 1 unspecified atom stereocenters. The third kappa shape index (κ3) is 3.49. The van der Waals surface area contributed by atoms with Crippen molar-refractivity contribution in [2.24, 2.45) is 0 Å². The largest absolute Gasteiger partial charge is 0.455 e. The summed E-state index contributed by atoms with van der Waals surface area (Å²) in [6.45, 7) is 4.22. The average Bonchev–Trinajstić information content (AvgIpc) is 3.49. The van der Waals surface area contributed by atoms with E-state index in [4.69, 9.17) is 4.42 Å². The molecule has 150 valence electrons. The van der Waals surface area contributed by atoms with Crippen LogP contribution >= 0.6 is 0 Å². The van der Waals surface area contributed by atoms with Crippen molar-refractivity contribution >= 4 is 5.91 Å². The normalized spacial score (nSPS) is 19.5. The molecule has 2 aliphatic heterocycles. The summed E-state index contributed by atoms with van der Waals surface area (Å²) in [5.41, 5.74) is 1.92. The zero-order chi connectivity index (χ0) is 19.8. The molecule has 2 aromatic heterocycles. The number of carbonyl (C=O) groups excluding carboxylic acids is 1. The number of benzene rings is 1. The van der Waals surface area contributed by atoms with Crippen molar-refractivity contribution in [2.45, 2.75) is 32.0 Å². The molecule has 1 fully saturated rings. The Morgan fingerprint density at radius 1 is 1.00 bits per heavy atom. The highest BCUT2D eigenvalue weighted by Crippen LogP contribution is 2.34. The predicted molar refractivity (Wildman–Crippen MR) is 107 cm³/mol. The van der Waals surface area contributed by atoms with Crippen LogP contribution in [0.2, 0.25) is 0 Å². The van der Waals surface area contributed by atoms with Crippen molar-refractivity contribution in [1.29, 1.82) is 0 Å². The van der Waals surface area contributed by atoms with Crippen LogP contribution in [-0.2, 0) is 13.1 Å². The van der Waals surface area contributed by atoms with Gasteiger partial charge in [-0.1, -0.05) is 12.1 Å². The molecule has 1 atom stereocenters. The van der Waals surface area contributed by atoms with E-state index in [9.17, 15) is 9.18 Å². The quantitative estimate of drug-likeness (QED) is 0.671. The van der Waals surface area contributed by atoms with Gasteiger partial charge >= 0.3 is 0 Å². The number of halogens is 1. The molecular weight excluding hydrogens is 369 g/mol. The Bertz CT molecular complexity index is 1000. The van der Waals surface area contributed by atoms with Crippen molar-refractivity contribution in [3.8, 4) is 0 Å². The van der Waals surface area contributed by atoms with Gasteiger partial charge in [-0.05, 0) is 67.9 Å². The van der Waals surface area contributed by atoms with Gasteiger partial charge in [-0.25, -0.2) is 4.39 Å². The van der Waals surface area contributed by atoms with E-state index in [1.54, 1.807) is 18.2 Å². The average molecular weight is 393 g/mol. The molecule has 0 radical (unpaired) electrons. The van der Waals surface area contributed by atoms with Crippen molar-refractivity contribution in [1.82, 2.24) is 14.4 Å². The standard InChI is InChI=1S/C23H24FN3O2/c24-18-7-5-17(6-8-18)22-20-4-3-13-26(20)14-15-27(22)23(28)21-10-9-19(29-21)16-25-11-1-2-12-25/h3-10,13,22H,1-2,11-12,14-16H2. The molecule has 1 saturated heterocycles. The van der Waals surface area contributed by atoms with Gasteiger partial charge < -0.3 is 13.9 Å². The number of rotatable bonds is 4. The number of amides is 1. The zero-order valence-corrected chi connectivity index (χ0v) is 16.3. The summed E-state index contributed by atoms with van der Waals surface area (Å²) in [4.78, 5) is 17.6. The Morgan fingerprint density at radius 2 is 1.79 bits per heavy atom. The summed E-state index contributed by atoms with van der Waals surface area (Å²) >= 11 is 0. The first-order chi connectivity index (χ1) is 14.2. The highest BCUT2D eigenvalue weighted by molar-refractivity contribution is 5.92. The second kappa shape index (κ2) is 7.52. The van der Waals surface area contributed by atoms with Crippen LogP contribution in [-0.4, -0.2) is 39.9 Å². The highest BCUT2D eigenvalue weighted by Gasteiger charge is 2.34. The minimum absolute atomic E-state index is 0.126. The lowest BCUT2D eigenvalue weighted by Crippen LogP contribution is -2.42. The van der Waals surface area contributed by atoms with E-state index in [0.29, 0.717) is 12.3 Å². The van der Waals surface area contributed by atoms with E-state index in [1.165, 1.54) is 25.0 Å². The maximum absolute atomic E-state index is 13.5. The monoisotopic (exact) mass is 393 g/mol. The van der Waals surface area contributed by atoms with Gasteiger partial charge in [0.15, 0.2) is 5.76 Å². The first kappa shape index (κ1) is 18.2. The molecule has 1 amide bonds. The fourth-order valence-electron chi connectivity index (χ4n) is 4.48. The summed E-state index contributed by atoms with van der Waals surface area (Å²) in [6, 6.07) is 13.8. The first-order valence-electron chi connectivity index (χ1n) is 10.2. The van der Waals surface area contributed by atoms with Crippen LogP contribution < -0.4 is 0 Å². The second-order valence-electron chi connectivity index (χ2n) is 7.83. The lowest BCUT2D eigenvalue weighted by Gasteiger charge is -2.37. The molecule has 0 spiro atoms. The molecule has 5 nitrogen and oxygen atoms in total. The minimum Gasteiger partial charge on any atom is -0.455 e. The summed E-state index contributed by atoms with van der Waals surface area (Å²) in [5, 5.41) is 0. The van der Waals surface area contributed by atoms with Gasteiger partial charge in [0.2, 0.25) is 0 Å². The minimum atomic E-state index is -0.282. The summed E-state index contributed by atoms with van der Waals surface area (Å²) in [6.07, 6.45) is 4.47. The summed E-state index contributed by atoms with van der Waals surface area (Å²) in [7, 11) is 0. The number of hydrogen-bond donors (Lipinski definition) is 0. The molecular formula is C23H24FN3O2. The number of furan rings is 1. The molecule has 0 aliphatic carbocycles. The topological polar surface area (TPSA) is 41.6 Å². The smallest absolute Gasteiger partial charge is 0.290 e. The van der Waals surface area contributed by atoms with Crippen molar-refractivity contribution in [3.63, 3.8) is 0 Å². The molecule has 2 aliphatic rings. The van der Waals surface area contributed by atoms with Gasteiger partial charge in [0.05, 0.1) is 12.6 Å². The Labute approximate surface area is 169 Å². The van der Waals surface area contributed by atoms with Gasteiger partial charge in [0.25, 0.3) is 5.91 Å². The van der Waals surface area contributed by atoms with E-state index >= 15 is 0 Å². The van der Waals surface area contributed by atoms with Gasteiger partial charge in [0, 0.05) is 25.0 Å². The fraction of sp³-hybridized carbons (Fsp3) is 0.348. The molecule has 5 rings (SSSR count). The number of nitrogens with zero attached hydrogens (tertiary/aromatic N) is 3. The molecule has 3 aromatic rings. The molecule has 1 aromatic carbocycles. The zero-order valence-electron chi connectivity index (χ0n) is 16.3. The SMILES string of the molecule is O=C(c1ccc(CN2CCCC2)o1)N1CCn2cccc2C1c1ccc(F)cc1. The highest BCUT2D eigenvalue weighted by atomic mass is 19.1. The van der Waals surface area contributed by atoms with Gasteiger partial charge in [-0.3, -0.25) is 9.69 Å². The summed E-state index contributed by atoms with van der Waals surface area (Å²) < 4.78 is 21.6. The van der Waals surface area contributed by atoms with E-state index in [0.717, 1.165) is 43.2 Å². The van der Waals surface area contributed by atoms with Crippen LogP contribution in [0.25, 0.3) is 0 Å². The van der Waals surface area contributed by atoms with Crippen molar-refractivity contribution in [3.05, 3.63) is 83.3 Å². The Balaban J connectivity index is 1.43. The first-order valence-corrected chi connectivity index (χ1v) is 10.2. The van der Waals surface area contributed by atoms with Crippen LogP contribution in [0, 0.1) is 5.82 Å². The van der Waals surface area contributed by atoms with Gasteiger partial charge in [-0.2, -0.15) is 0 Å². The van der Waals surface area contributed by atoms with E-state index in [-0.39, 0.29) is 17.8 Å². The predicted octanol–water partition coefficient (Wildman–Crippen LogP) is 4.06. The molecule has 0 N–H and O–H groups in total. The number of carbonyl (C=O) groups is 1. The molecule has 4 heterocycles. The van der Waals surface area contributed by atoms with Gasteiger partial charge in [0.1, 0.15) is 11.6 Å². The Hall–Kier alpha value is -2.86. The molecule has 0 bridgehead atoms. The van der Waals surface area contributed by atoms with Crippen molar-refractivity contribution in [2.75, 3.05) is 19.6 Å². The van der Waals surface area contributed by atoms with Crippen LogP contribution in [0.5, 0.6) is 0 Å². The number of likely N-dealkylation sites (tertiary alicyclic amines) is 1. The maximum Gasteiger partial charge on any atom is 0.290 e. The van der Waals surface area contributed by atoms with Crippen LogP contribution in [0.4, 0.5) is 4.39 Å². The molecule has 6 heteroatoms. The summed E-state index contributed by atoms with van der Waals surface area (Å²) in [5.74, 6) is 0.787. The number of fused-ring (bicyclic) bond motifs is 1. The Kier molecular flexibility index (Phi) is 4.72. The lowest BCUT2D eigenvalue weighted by molar-refractivity contribution is 0.0628. The third-order valence-corrected chi connectivity index (χ3v) is 5.94. The van der Waals surface area contributed by atoms with Crippen LogP contribution in [0.1, 0.15) is 46.5 Å². The third-order valence-electron chi connectivity index (χ3n) is 5.94. The number of hydrogen-bond acceptors (Lipinski definition) is 3. The van der Waals surface area contributed by atoms with Crippen LogP contribution in [0.15, 0.2) is 59.1 Å². The maximum atomic E-state index is 13.5. The second-order valence-corrected chi connectivity index (χ2v) is 7.83. The molecule has 29 heavy (non-hydrogen) atoms. The van der Waals surface area contributed by atoms with Crippen LogP contribution in [0.3, 0.4) is 0 Å². The number of aromatic nitrogens is 1. The van der Waals surface area contributed by atoms with E-state index in [1.807, 2.05) is 29.3 Å². The van der Waals surface area contributed by atoms with E-state index < -0.39 is 0 Å². The van der Waals surface area contributed by atoms with E-state index in [2.05, 4.69) is 9.47 Å². The lowest BCUT2D eigenvalue weighted by atomic mass is 9.99. The van der Waals surface area contributed by atoms with Crippen molar-refractivity contribution < 1.29 is 13.6 Å². The fourth-order valence-corrected chi connectivity index (χ4v) is 4.48. The Morgan fingerprint density at radius 3 is 2.59 bits per heavy atom. The van der Waals surface area contributed by atoms with Gasteiger partial charge in [-0.15, -0.1) is 0 Å².